The molecule has 0 spiro atoms. The second kappa shape index (κ2) is 3.78. The molecule has 0 bridgehead atoms. The molecule has 0 aliphatic carbocycles. The lowest BCUT2D eigenvalue weighted by Crippen LogP contribution is -2.42. The molecule has 68 valence electrons. The summed E-state index contributed by atoms with van der Waals surface area (Å²) in [6.45, 7) is 3.28. The lowest BCUT2D eigenvalue weighted by Gasteiger charge is -2.26. The van der Waals surface area contributed by atoms with Crippen LogP contribution in [0.3, 0.4) is 0 Å². The molecule has 0 unspecified atom stereocenters. The molecule has 4 heteroatoms. The summed E-state index contributed by atoms with van der Waals surface area (Å²) in [6.07, 6.45) is -0.971. The van der Waals surface area contributed by atoms with Crippen LogP contribution in [0.4, 0.5) is 0 Å². The maximum absolute atomic E-state index is 10.8. The van der Waals surface area contributed by atoms with E-state index in [9.17, 15) is 9.59 Å². The first-order valence-corrected chi connectivity index (χ1v) is 3.85. The number of ether oxygens (including phenoxy) is 2. The van der Waals surface area contributed by atoms with Crippen LogP contribution < -0.4 is 0 Å². The van der Waals surface area contributed by atoms with E-state index < -0.39 is 12.2 Å². The van der Waals surface area contributed by atoms with Gasteiger partial charge in [-0.15, -0.1) is 0 Å². The van der Waals surface area contributed by atoms with Crippen molar-refractivity contribution in [2.24, 2.45) is 0 Å². The number of hydrogen-bond donors (Lipinski definition) is 0. The van der Waals surface area contributed by atoms with Crippen molar-refractivity contribution in [1.29, 1.82) is 0 Å². The molecule has 2 atom stereocenters. The Labute approximate surface area is 70.8 Å². The molecular weight excluding hydrogens is 160 g/mol. The fourth-order valence-corrected chi connectivity index (χ4v) is 0.973. The highest BCUT2D eigenvalue weighted by Gasteiger charge is 2.27. The molecule has 1 aliphatic rings. The number of rotatable bonds is 2. The molecule has 0 N–H and O–H groups in total. The van der Waals surface area contributed by atoms with Gasteiger partial charge in [0.2, 0.25) is 0 Å². The van der Waals surface area contributed by atoms with E-state index in [1.54, 1.807) is 0 Å². The first-order valence-electron chi connectivity index (χ1n) is 3.85. The van der Waals surface area contributed by atoms with Crippen molar-refractivity contribution < 1.29 is 19.1 Å². The molecule has 0 saturated carbocycles. The van der Waals surface area contributed by atoms with Gasteiger partial charge in [-0.1, -0.05) is 0 Å². The van der Waals surface area contributed by atoms with Gasteiger partial charge in [-0.25, -0.2) is 0 Å². The quantitative estimate of drug-likeness (QED) is 0.586. The average Bonchev–Trinajstić information content (AvgIpc) is 2.04. The van der Waals surface area contributed by atoms with E-state index in [1.807, 2.05) is 0 Å². The van der Waals surface area contributed by atoms with E-state index >= 15 is 0 Å². The van der Waals surface area contributed by atoms with Gasteiger partial charge in [0, 0.05) is 0 Å². The molecular formula is C8H12O4. The van der Waals surface area contributed by atoms with E-state index in [0.29, 0.717) is 0 Å². The zero-order valence-corrected chi connectivity index (χ0v) is 7.20. The van der Waals surface area contributed by atoms with Crippen molar-refractivity contribution >= 4 is 11.6 Å². The molecule has 0 aromatic carbocycles. The van der Waals surface area contributed by atoms with Crippen LogP contribution in [0.25, 0.3) is 0 Å². The van der Waals surface area contributed by atoms with E-state index in [0.717, 1.165) is 0 Å². The predicted molar refractivity (Wildman–Crippen MR) is 40.8 cm³/mol. The first kappa shape index (κ1) is 9.35. The van der Waals surface area contributed by atoms with Crippen LogP contribution >= 0.6 is 0 Å². The van der Waals surface area contributed by atoms with Crippen LogP contribution in [0.5, 0.6) is 0 Å². The Bertz CT molecular complexity index is 169. The molecule has 0 aromatic heterocycles. The summed E-state index contributed by atoms with van der Waals surface area (Å²) in [7, 11) is 0. The topological polar surface area (TPSA) is 52.6 Å². The number of hydrogen-bond acceptors (Lipinski definition) is 4. The lowest BCUT2D eigenvalue weighted by atomic mass is 10.2. The van der Waals surface area contributed by atoms with Gasteiger partial charge in [0.15, 0.2) is 11.6 Å². The third kappa shape index (κ3) is 2.12. The summed E-state index contributed by atoms with van der Waals surface area (Å²) in [6, 6.07) is 0. The fraction of sp³-hybridized carbons (Fsp3) is 0.750. The Morgan fingerprint density at radius 3 is 1.50 bits per heavy atom. The normalized spacial score (nSPS) is 29.8. The summed E-state index contributed by atoms with van der Waals surface area (Å²) in [5, 5.41) is 0. The van der Waals surface area contributed by atoms with Gasteiger partial charge in [0.25, 0.3) is 0 Å². The molecule has 1 aliphatic heterocycles. The molecule has 1 heterocycles. The maximum Gasteiger partial charge on any atom is 0.160 e. The van der Waals surface area contributed by atoms with Gasteiger partial charge in [-0.05, 0) is 13.8 Å². The summed E-state index contributed by atoms with van der Waals surface area (Å²) in [4.78, 5) is 21.6. The average molecular weight is 172 g/mol. The predicted octanol–water partition coefficient (Wildman–Crippen LogP) is -0.0516. The van der Waals surface area contributed by atoms with Crippen molar-refractivity contribution in [3.8, 4) is 0 Å². The molecule has 1 fully saturated rings. The van der Waals surface area contributed by atoms with E-state index in [1.165, 1.54) is 13.8 Å². The smallest absolute Gasteiger partial charge is 0.160 e. The van der Waals surface area contributed by atoms with Crippen molar-refractivity contribution in [1.82, 2.24) is 0 Å². The molecule has 1 rings (SSSR count). The van der Waals surface area contributed by atoms with E-state index in [4.69, 9.17) is 9.47 Å². The first-order chi connectivity index (χ1) is 5.61. The van der Waals surface area contributed by atoms with Crippen molar-refractivity contribution in [3.63, 3.8) is 0 Å². The Hall–Kier alpha value is -0.740. The monoisotopic (exact) mass is 172 g/mol. The maximum atomic E-state index is 10.8. The summed E-state index contributed by atoms with van der Waals surface area (Å²) < 4.78 is 10.2. The van der Waals surface area contributed by atoms with Gasteiger partial charge in [-0.2, -0.15) is 0 Å². The number of Topliss-reactive ketones (excluding diaryl/α,β-unsaturated/α-hetero) is 2. The van der Waals surface area contributed by atoms with E-state index in [-0.39, 0.29) is 24.8 Å². The largest absolute Gasteiger partial charge is 0.365 e. The van der Waals surface area contributed by atoms with Crippen LogP contribution in [-0.2, 0) is 19.1 Å². The Morgan fingerprint density at radius 1 is 1.00 bits per heavy atom. The minimum absolute atomic E-state index is 0.0583. The number of carbonyl (C=O) groups excluding carboxylic acids is 2. The van der Waals surface area contributed by atoms with Gasteiger partial charge >= 0.3 is 0 Å². The van der Waals surface area contributed by atoms with Gasteiger partial charge < -0.3 is 9.47 Å². The summed E-state index contributed by atoms with van der Waals surface area (Å²) in [5.74, 6) is -0.117. The molecule has 0 radical (unpaired) electrons. The van der Waals surface area contributed by atoms with Crippen LogP contribution in [0, 0.1) is 0 Å². The summed E-state index contributed by atoms with van der Waals surface area (Å²) >= 11 is 0. The summed E-state index contributed by atoms with van der Waals surface area (Å²) in [5.41, 5.74) is 0. The third-order valence-corrected chi connectivity index (χ3v) is 1.80. The molecule has 1 saturated heterocycles. The second-order valence-corrected chi connectivity index (χ2v) is 2.87. The van der Waals surface area contributed by atoms with Gasteiger partial charge in [0.05, 0.1) is 13.2 Å². The Morgan fingerprint density at radius 2 is 1.33 bits per heavy atom. The minimum atomic E-state index is -0.486. The number of ketones is 2. The van der Waals surface area contributed by atoms with Gasteiger partial charge in [0.1, 0.15) is 12.2 Å². The van der Waals surface area contributed by atoms with Crippen LogP contribution in [0.2, 0.25) is 0 Å². The van der Waals surface area contributed by atoms with E-state index in [2.05, 4.69) is 0 Å². The standard InChI is InChI=1S/C8H12O4/c1-5(9)7-3-12-8(4-11-7)6(2)10/h7-8H,3-4H2,1-2H3/t7-,8+. The Balaban J connectivity index is 2.39. The van der Waals surface area contributed by atoms with Crippen LogP contribution in [0.1, 0.15) is 13.8 Å². The zero-order chi connectivity index (χ0) is 9.14. The Kier molecular flexibility index (Phi) is 2.94. The minimum Gasteiger partial charge on any atom is -0.365 e. The molecule has 4 nitrogen and oxygen atoms in total. The highest BCUT2D eigenvalue weighted by Crippen LogP contribution is 2.08. The number of carbonyl (C=O) groups is 2. The molecule has 0 aromatic rings. The van der Waals surface area contributed by atoms with Crippen molar-refractivity contribution in [2.45, 2.75) is 26.1 Å². The van der Waals surface area contributed by atoms with Crippen LogP contribution in [-0.4, -0.2) is 37.0 Å². The second-order valence-electron chi connectivity index (χ2n) is 2.87. The lowest BCUT2D eigenvalue weighted by molar-refractivity contribution is -0.165. The molecule has 12 heavy (non-hydrogen) atoms. The zero-order valence-electron chi connectivity index (χ0n) is 7.20. The van der Waals surface area contributed by atoms with Crippen molar-refractivity contribution in [2.75, 3.05) is 13.2 Å². The third-order valence-electron chi connectivity index (χ3n) is 1.80. The fourth-order valence-electron chi connectivity index (χ4n) is 0.973. The highest BCUT2D eigenvalue weighted by atomic mass is 16.6. The highest BCUT2D eigenvalue weighted by molar-refractivity contribution is 5.82. The van der Waals surface area contributed by atoms with Crippen LogP contribution in [0.15, 0.2) is 0 Å². The van der Waals surface area contributed by atoms with Gasteiger partial charge in [-0.3, -0.25) is 9.59 Å². The SMILES string of the molecule is CC(=O)[C@@H]1CO[C@@H](C(C)=O)CO1. The molecule has 0 amide bonds. The van der Waals surface area contributed by atoms with Crippen molar-refractivity contribution in [3.05, 3.63) is 0 Å².